The van der Waals surface area contributed by atoms with Gasteiger partial charge in [-0.3, -0.25) is 0 Å². The highest BCUT2D eigenvalue weighted by Crippen LogP contribution is 2.57. The third-order valence-electron chi connectivity index (χ3n) is 12.1. The number of rotatable bonds is 6. The van der Waals surface area contributed by atoms with Crippen molar-refractivity contribution in [2.45, 2.75) is 5.41 Å². The lowest BCUT2D eigenvalue weighted by Gasteiger charge is -2.35. The monoisotopic (exact) mass is 741 g/mol. The Hall–Kier alpha value is -7.62. The predicted molar refractivity (Wildman–Crippen MR) is 238 cm³/mol. The fourth-order valence-corrected chi connectivity index (χ4v) is 9.68. The Bertz CT molecular complexity index is 3310. The average molecular weight is 742 g/mol. The molecule has 11 aromatic rings. The van der Waals surface area contributed by atoms with Gasteiger partial charge >= 0.3 is 0 Å². The highest BCUT2D eigenvalue weighted by Gasteiger charge is 2.46. The fraction of sp³-hybridized carbons (Fsp3) is 0.0182. The van der Waals surface area contributed by atoms with Crippen LogP contribution in [-0.4, -0.2) is 0 Å². The Labute approximate surface area is 335 Å². The number of anilines is 3. The van der Waals surface area contributed by atoms with Gasteiger partial charge in [-0.05, 0) is 99.1 Å². The van der Waals surface area contributed by atoms with Gasteiger partial charge in [0.25, 0.3) is 0 Å². The summed E-state index contributed by atoms with van der Waals surface area (Å²) in [6.45, 7) is 0. The van der Waals surface area contributed by atoms with Crippen molar-refractivity contribution in [1.82, 2.24) is 0 Å². The number of hydrogen-bond acceptors (Lipinski definition) is 3. The molecule has 0 N–H and O–H groups in total. The van der Waals surface area contributed by atoms with Gasteiger partial charge in [0.15, 0.2) is 0 Å². The first-order valence-corrected chi connectivity index (χ1v) is 19.8. The molecular formula is C55H35NO2. The molecule has 0 radical (unpaired) electrons. The van der Waals surface area contributed by atoms with Gasteiger partial charge < -0.3 is 13.7 Å². The maximum Gasteiger partial charge on any atom is 0.137 e. The van der Waals surface area contributed by atoms with Crippen molar-refractivity contribution in [3.63, 3.8) is 0 Å². The summed E-state index contributed by atoms with van der Waals surface area (Å²) in [5, 5.41) is 4.32. The second-order valence-corrected chi connectivity index (χ2v) is 15.2. The molecule has 9 aromatic carbocycles. The van der Waals surface area contributed by atoms with Crippen molar-refractivity contribution < 1.29 is 8.83 Å². The second-order valence-electron chi connectivity index (χ2n) is 15.2. The molecule has 0 saturated heterocycles. The Morgan fingerprint density at radius 1 is 0.345 bits per heavy atom. The molecule has 1 aliphatic carbocycles. The van der Waals surface area contributed by atoms with Crippen LogP contribution in [0.25, 0.3) is 66.1 Å². The molecule has 272 valence electrons. The van der Waals surface area contributed by atoms with E-state index in [1.165, 1.54) is 38.9 Å². The average Bonchev–Trinajstić information content (AvgIpc) is 3.95. The normalized spacial score (nSPS) is 13.0. The number of nitrogens with zero attached hydrogens (tertiary/aromatic N) is 1. The van der Waals surface area contributed by atoms with Gasteiger partial charge in [0, 0.05) is 33.6 Å². The molecule has 2 heterocycles. The van der Waals surface area contributed by atoms with E-state index in [-0.39, 0.29) is 0 Å². The third kappa shape index (κ3) is 4.74. The van der Waals surface area contributed by atoms with Crippen molar-refractivity contribution in [1.29, 1.82) is 0 Å². The molecule has 0 bridgehead atoms. The van der Waals surface area contributed by atoms with E-state index in [9.17, 15) is 0 Å². The minimum atomic E-state index is -0.544. The van der Waals surface area contributed by atoms with Crippen molar-refractivity contribution in [2.24, 2.45) is 0 Å². The van der Waals surface area contributed by atoms with Crippen molar-refractivity contribution >= 4 is 60.9 Å². The van der Waals surface area contributed by atoms with Gasteiger partial charge in [0.1, 0.15) is 22.3 Å². The Balaban J connectivity index is 1.14. The van der Waals surface area contributed by atoms with Crippen LogP contribution in [0.3, 0.4) is 0 Å². The van der Waals surface area contributed by atoms with E-state index < -0.39 is 5.41 Å². The Kier molecular flexibility index (Phi) is 7.14. The summed E-state index contributed by atoms with van der Waals surface area (Å²) in [6.07, 6.45) is 0. The first kappa shape index (κ1) is 32.6. The van der Waals surface area contributed by atoms with Gasteiger partial charge in [0.05, 0.1) is 16.5 Å². The van der Waals surface area contributed by atoms with Crippen molar-refractivity contribution in [3.8, 4) is 22.3 Å². The maximum atomic E-state index is 6.63. The Morgan fingerprint density at radius 2 is 0.948 bits per heavy atom. The molecule has 3 nitrogen and oxygen atoms in total. The minimum Gasteiger partial charge on any atom is -0.456 e. The van der Waals surface area contributed by atoms with Crippen LogP contribution in [0, 0.1) is 0 Å². The number of fused-ring (bicyclic) bond motifs is 9. The molecule has 0 atom stereocenters. The second kappa shape index (κ2) is 12.7. The molecule has 3 heteroatoms. The fourth-order valence-electron chi connectivity index (χ4n) is 9.68. The van der Waals surface area contributed by atoms with Crippen LogP contribution < -0.4 is 4.90 Å². The lowest BCUT2D eigenvalue weighted by atomic mass is 9.67. The molecule has 0 unspecified atom stereocenters. The van der Waals surface area contributed by atoms with Crippen molar-refractivity contribution in [2.75, 3.05) is 4.90 Å². The summed E-state index contributed by atoms with van der Waals surface area (Å²) >= 11 is 0. The molecule has 0 spiro atoms. The molecule has 1 aliphatic rings. The first-order valence-electron chi connectivity index (χ1n) is 19.8. The minimum absolute atomic E-state index is 0.544. The lowest BCUT2D eigenvalue weighted by Crippen LogP contribution is -2.28. The van der Waals surface area contributed by atoms with E-state index >= 15 is 0 Å². The summed E-state index contributed by atoms with van der Waals surface area (Å²) in [6, 6.07) is 76.3. The topological polar surface area (TPSA) is 29.5 Å². The van der Waals surface area contributed by atoms with E-state index in [1.807, 2.05) is 12.1 Å². The zero-order valence-electron chi connectivity index (χ0n) is 31.5. The molecule has 0 saturated carbocycles. The van der Waals surface area contributed by atoms with Gasteiger partial charge in [-0.1, -0.05) is 152 Å². The summed E-state index contributed by atoms with van der Waals surface area (Å²) < 4.78 is 13.2. The van der Waals surface area contributed by atoms with Gasteiger partial charge in [-0.25, -0.2) is 0 Å². The zero-order valence-corrected chi connectivity index (χ0v) is 31.5. The summed E-state index contributed by atoms with van der Waals surface area (Å²) in [5.74, 6) is 0. The number of benzene rings is 9. The van der Waals surface area contributed by atoms with E-state index in [0.29, 0.717) is 0 Å². The molecule has 12 rings (SSSR count). The standard InChI is InChI=1S/C55H35NO2/c1-3-15-36(16-4-1)37-29-32-51-46(33-37)54-49(26-14-28-52(54)57-51)56(41-30-31-45-44-23-9-12-27-50(44)58-53(45)35-41)40-20-13-19-39(34-40)55(38-17-5-2-6-18-38)47-24-10-7-21-42(47)43-22-8-11-25-48(43)55/h1-35H. The largest absolute Gasteiger partial charge is 0.456 e. The molecule has 0 aliphatic heterocycles. The van der Waals surface area contributed by atoms with Crippen LogP contribution in [0.2, 0.25) is 0 Å². The van der Waals surface area contributed by atoms with Crippen molar-refractivity contribution in [3.05, 3.63) is 235 Å². The lowest BCUT2D eigenvalue weighted by molar-refractivity contribution is 0.669. The predicted octanol–water partition coefficient (Wildman–Crippen LogP) is 15.0. The first-order chi connectivity index (χ1) is 28.8. The summed E-state index contributed by atoms with van der Waals surface area (Å²) in [7, 11) is 0. The van der Waals surface area contributed by atoms with Gasteiger partial charge in [-0.2, -0.15) is 0 Å². The number of furan rings is 2. The number of hydrogen-bond donors (Lipinski definition) is 0. The van der Waals surface area contributed by atoms with E-state index in [2.05, 4.69) is 205 Å². The van der Waals surface area contributed by atoms with Crippen LogP contribution in [-0.2, 0) is 5.41 Å². The molecule has 2 aromatic heterocycles. The molecule has 0 fully saturated rings. The highest BCUT2D eigenvalue weighted by atomic mass is 16.3. The molecule has 58 heavy (non-hydrogen) atoms. The number of para-hydroxylation sites is 1. The zero-order chi connectivity index (χ0) is 38.2. The van der Waals surface area contributed by atoms with Crippen LogP contribution in [0.15, 0.2) is 221 Å². The molecule has 0 amide bonds. The van der Waals surface area contributed by atoms with Gasteiger partial charge in [-0.15, -0.1) is 0 Å². The highest BCUT2D eigenvalue weighted by molar-refractivity contribution is 6.15. The Morgan fingerprint density at radius 3 is 1.76 bits per heavy atom. The SMILES string of the molecule is c1ccc(-c2ccc3oc4cccc(N(c5cccc(C6(c7ccccc7)c7ccccc7-c7ccccc76)c5)c5ccc6c(c5)oc5ccccc56)c4c3c2)cc1. The van der Waals surface area contributed by atoms with Crippen LogP contribution in [0.4, 0.5) is 17.1 Å². The van der Waals surface area contributed by atoms with E-state index in [0.717, 1.165) is 66.5 Å². The van der Waals surface area contributed by atoms with Crippen LogP contribution >= 0.6 is 0 Å². The third-order valence-corrected chi connectivity index (χ3v) is 12.1. The molecular weight excluding hydrogens is 707 g/mol. The quantitative estimate of drug-likeness (QED) is 0.170. The summed E-state index contributed by atoms with van der Waals surface area (Å²) in [4.78, 5) is 2.38. The smallest absolute Gasteiger partial charge is 0.137 e. The van der Waals surface area contributed by atoms with E-state index in [4.69, 9.17) is 8.83 Å². The van der Waals surface area contributed by atoms with Gasteiger partial charge in [0.2, 0.25) is 0 Å². The van der Waals surface area contributed by atoms with E-state index in [1.54, 1.807) is 0 Å². The summed E-state index contributed by atoms with van der Waals surface area (Å²) in [5.41, 5.74) is 15.8. The van der Waals surface area contributed by atoms with Crippen LogP contribution in [0.5, 0.6) is 0 Å². The maximum absolute atomic E-state index is 6.63. The van der Waals surface area contributed by atoms with Crippen LogP contribution in [0.1, 0.15) is 22.3 Å².